The highest BCUT2D eigenvalue weighted by Gasteiger charge is 2.34. The van der Waals surface area contributed by atoms with Crippen molar-refractivity contribution in [3.05, 3.63) is 52.3 Å². The highest BCUT2D eigenvalue weighted by molar-refractivity contribution is 5.94. The zero-order chi connectivity index (χ0) is 15.1. The third-order valence-corrected chi connectivity index (χ3v) is 4.86. The molecule has 0 bridgehead atoms. The Morgan fingerprint density at radius 2 is 2.23 bits per heavy atom. The number of hydrogen-bond acceptors (Lipinski definition) is 2. The molecule has 1 N–H and O–H groups in total. The first-order valence-electron chi connectivity index (χ1n) is 8.11. The summed E-state index contributed by atoms with van der Waals surface area (Å²) in [5, 5.41) is 7.28. The van der Waals surface area contributed by atoms with Crippen molar-refractivity contribution in [1.82, 2.24) is 15.1 Å². The third-order valence-electron chi connectivity index (χ3n) is 4.86. The number of aromatic amines is 1. The molecule has 0 atom stereocenters. The molecule has 114 valence electrons. The molecular weight excluding hydrogens is 274 g/mol. The lowest BCUT2D eigenvalue weighted by molar-refractivity contribution is 0.0494. The Balaban J connectivity index is 1.38. The van der Waals surface area contributed by atoms with Gasteiger partial charge in [0.2, 0.25) is 0 Å². The maximum atomic E-state index is 12.5. The molecule has 0 unspecified atom stereocenters. The van der Waals surface area contributed by atoms with Crippen molar-refractivity contribution in [2.75, 3.05) is 13.1 Å². The van der Waals surface area contributed by atoms with E-state index in [-0.39, 0.29) is 5.91 Å². The van der Waals surface area contributed by atoms with E-state index in [2.05, 4.69) is 41.4 Å². The van der Waals surface area contributed by atoms with Crippen molar-refractivity contribution in [3.8, 4) is 0 Å². The number of H-pyrrole nitrogens is 1. The number of aryl methyl sites for hydroxylation is 2. The summed E-state index contributed by atoms with van der Waals surface area (Å²) >= 11 is 0. The van der Waals surface area contributed by atoms with E-state index in [0.29, 0.717) is 11.6 Å². The number of aromatic nitrogens is 2. The second kappa shape index (κ2) is 5.27. The van der Waals surface area contributed by atoms with E-state index >= 15 is 0 Å². The van der Waals surface area contributed by atoms with Crippen LogP contribution >= 0.6 is 0 Å². The Morgan fingerprint density at radius 1 is 1.36 bits per heavy atom. The predicted octanol–water partition coefficient (Wildman–Crippen LogP) is 2.52. The van der Waals surface area contributed by atoms with Gasteiger partial charge in [-0.3, -0.25) is 9.89 Å². The quantitative estimate of drug-likeness (QED) is 0.946. The average Bonchev–Trinajstić information content (AvgIpc) is 3.04. The van der Waals surface area contributed by atoms with E-state index in [0.717, 1.165) is 44.3 Å². The molecule has 1 aliphatic heterocycles. The lowest BCUT2D eigenvalue weighted by atomic mass is 9.91. The number of carbonyl (C=O) groups excluding carboxylic acids is 1. The Kier molecular flexibility index (Phi) is 3.25. The number of benzene rings is 1. The van der Waals surface area contributed by atoms with Crippen molar-refractivity contribution < 1.29 is 4.79 Å². The van der Waals surface area contributed by atoms with Crippen molar-refractivity contribution in [3.63, 3.8) is 0 Å². The van der Waals surface area contributed by atoms with E-state index in [9.17, 15) is 4.79 Å². The number of nitrogens with one attached hydrogen (secondary N) is 1. The van der Waals surface area contributed by atoms with Crippen LogP contribution in [0.2, 0.25) is 0 Å². The fourth-order valence-corrected chi connectivity index (χ4v) is 3.68. The molecule has 2 aromatic rings. The Morgan fingerprint density at radius 3 is 3.05 bits per heavy atom. The summed E-state index contributed by atoms with van der Waals surface area (Å²) in [4.78, 5) is 14.5. The normalized spacial score (nSPS) is 17.4. The summed E-state index contributed by atoms with van der Waals surface area (Å²) in [6.45, 7) is 3.83. The minimum Gasteiger partial charge on any atom is -0.337 e. The van der Waals surface area contributed by atoms with Gasteiger partial charge in [0.05, 0.1) is 0 Å². The zero-order valence-corrected chi connectivity index (χ0v) is 12.9. The molecule has 2 heterocycles. The molecule has 4 rings (SSSR count). The summed E-state index contributed by atoms with van der Waals surface area (Å²) < 4.78 is 0. The Bertz CT molecular complexity index is 713. The molecule has 0 saturated carbocycles. The fourth-order valence-electron chi connectivity index (χ4n) is 3.68. The standard InChI is InChI=1S/C18H21N3O/c1-12-4-2-5-13(8-12)9-14-10-21(11-14)18(22)17-15-6-3-7-16(15)19-20-17/h2,4-5,8,14H,3,6-7,9-11H2,1H3,(H,19,20). The number of rotatable bonds is 3. The molecule has 2 aliphatic rings. The topological polar surface area (TPSA) is 49.0 Å². The number of nitrogens with zero attached hydrogens (tertiary/aromatic N) is 2. The zero-order valence-electron chi connectivity index (χ0n) is 12.9. The van der Waals surface area contributed by atoms with Gasteiger partial charge in [0.25, 0.3) is 5.91 Å². The number of amides is 1. The van der Waals surface area contributed by atoms with Crippen molar-refractivity contribution in [1.29, 1.82) is 0 Å². The summed E-state index contributed by atoms with van der Waals surface area (Å²) in [6, 6.07) is 8.65. The molecule has 1 fully saturated rings. The van der Waals surface area contributed by atoms with Crippen LogP contribution in [0.25, 0.3) is 0 Å². The number of hydrogen-bond donors (Lipinski definition) is 1. The predicted molar refractivity (Wildman–Crippen MR) is 84.9 cm³/mol. The van der Waals surface area contributed by atoms with Crippen LogP contribution in [0.1, 0.15) is 39.3 Å². The van der Waals surface area contributed by atoms with Crippen molar-refractivity contribution in [2.24, 2.45) is 5.92 Å². The first-order chi connectivity index (χ1) is 10.7. The Hall–Kier alpha value is -2.10. The van der Waals surface area contributed by atoms with Crippen molar-refractivity contribution in [2.45, 2.75) is 32.6 Å². The number of carbonyl (C=O) groups is 1. The van der Waals surface area contributed by atoms with Gasteiger partial charge in [-0.1, -0.05) is 29.8 Å². The van der Waals surface area contributed by atoms with Crippen LogP contribution < -0.4 is 0 Å². The van der Waals surface area contributed by atoms with E-state index in [4.69, 9.17) is 0 Å². The molecule has 1 aromatic carbocycles. The van der Waals surface area contributed by atoms with Gasteiger partial charge in [-0.25, -0.2) is 0 Å². The molecule has 1 aromatic heterocycles. The van der Waals surface area contributed by atoms with Crippen LogP contribution in [0, 0.1) is 12.8 Å². The van der Waals surface area contributed by atoms with E-state index in [1.54, 1.807) is 0 Å². The van der Waals surface area contributed by atoms with Gasteiger partial charge >= 0.3 is 0 Å². The third kappa shape index (κ3) is 2.32. The first kappa shape index (κ1) is 13.6. The van der Waals surface area contributed by atoms with Crippen LogP contribution in [0.3, 0.4) is 0 Å². The summed E-state index contributed by atoms with van der Waals surface area (Å²) in [7, 11) is 0. The lowest BCUT2D eigenvalue weighted by Gasteiger charge is -2.39. The monoisotopic (exact) mass is 295 g/mol. The number of likely N-dealkylation sites (tertiary alicyclic amines) is 1. The van der Waals surface area contributed by atoms with Gasteiger partial charge in [0.1, 0.15) is 0 Å². The van der Waals surface area contributed by atoms with E-state index < -0.39 is 0 Å². The van der Waals surface area contributed by atoms with Gasteiger partial charge in [-0.05, 0) is 44.1 Å². The van der Waals surface area contributed by atoms with Gasteiger partial charge in [0.15, 0.2) is 5.69 Å². The van der Waals surface area contributed by atoms with Gasteiger partial charge < -0.3 is 4.90 Å². The molecule has 1 amide bonds. The summed E-state index contributed by atoms with van der Waals surface area (Å²) in [5.41, 5.74) is 5.67. The molecule has 0 spiro atoms. The fraction of sp³-hybridized carbons (Fsp3) is 0.444. The van der Waals surface area contributed by atoms with E-state index in [1.807, 2.05) is 4.90 Å². The van der Waals surface area contributed by atoms with Crippen LogP contribution in [0.5, 0.6) is 0 Å². The van der Waals surface area contributed by atoms with Crippen LogP contribution in [-0.2, 0) is 19.3 Å². The minimum atomic E-state index is 0.111. The molecule has 0 radical (unpaired) electrons. The second-order valence-electron chi connectivity index (χ2n) is 6.65. The van der Waals surface area contributed by atoms with Gasteiger partial charge in [-0.15, -0.1) is 0 Å². The summed E-state index contributed by atoms with van der Waals surface area (Å²) in [5.74, 6) is 0.692. The maximum absolute atomic E-state index is 12.5. The van der Waals surface area contributed by atoms with Crippen molar-refractivity contribution >= 4 is 5.91 Å². The largest absolute Gasteiger partial charge is 0.337 e. The average molecular weight is 295 g/mol. The minimum absolute atomic E-state index is 0.111. The maximum Gasteiger partial charge on any atom is 0.274 e. The highest BCUT2D eigenvalue weighted by Crippen LogP contribution is 2.27. The molecule has 4 heteroatoms. The lowest BCUT2D eigenvalue weighted by Crippen LogP contribution is -2.51. The summed E-state index contributed by atoms with van der Waals surface area (Å²) in [6.07, 6.45) is 4.23. The highest BCUT2D eigenvalue weighted by atomic mass is 16.2. The van der Waals surface area contributed by atoms with Crippen LogP contribution in [-0.4, -0.2) is 34.1 Å². The SMILES string of the molecule is Cc1cccc(CC2CN(C(=O)c3n[nH]c4c3CCC4)C2)c1. The smallest absolute Gasteiger partial charge is 0.274 e. The molecule has 1 saturated heterocycles. The molecule has 22 heavy (non-hydrogen) atoms. The van der Waals surface area contributed by atoms with Crippen LogP contribution in [0.4, 0.5) is 0 Å². The van der Waals surface area contributed by atoms with E-state index in [1.165, 1.54) is 16.8 Å². The van der Waals surface area contributed by atoms with Gasteiger partial charge in [-0.2, -0.15) is 5.10 Å². The molecule has 1 aliphatic carbocycles. The first-order valence-corrected chi connectivity index (χ1v) is 8.11. The molecular formula is C18H21N3O. The second-order valence-corrected chi connectivity index (χ2v) is 6.65. The molecule has 4 nitrogen and oxygen atoms in total. The Labute approximate surface area is 130 Å². The van der Waals surface area contributed by atoms with Gasteiger partial charge in [0, 0.05) is 24.3 Å². The van der Waals surface area contributed by atoms with Crippen LogP contribution in [0.15, 0.2) is 24.3 Å². The number of fused-ring (bicyclic) bond motifs is 1.